The first kappa shape index (κ1) is 41.4. The van der Waals surface area contributed by atoms with Gasteiger partial charge in [-0.2, -0.15) is 0 Å². The molecule has 0 amide bonds. The zero-order valence-corrected chi connectivity index (χ0v) is 29.1. The molecule has 0 saturated carbocycles. The van der Waals surface area contributed by atoms with Crippen molar-refractivity contribution in [2.75, 3.05) is 7.11 Å². The lowest BCUT2D eigenvalue weighted by molar-refractivity contribution is -0.157. The number of carbonyl (C=O) groups is 2. The van der Waals surface area contributed by atoms with E-state index in [0.717, 1.165) is 12.0 Å². The number of aliphatic hydroxyl groups is 4. The number of halogens is 1. The first-order valence-electron chi connectivity index (χ1n) is 15.2. The second-order valence-electron chi connectivity index (χ2n) is 12.1. The van der Waals surface area contributed by atoms with Gasteiger partial charge in [0, 0.05) is 38.2 Å². The van der Waals surface area contributed by atoms with Crippen molar-refractivity contribution < 1.29 is 44.2 Å². The molecule has 0 aliphatic carbocycles. The van der Waals surface area contributed by atoms with Gasteiger partial charge in [-0.25, -0.2) is 0 Å². The molecule has 9 nitrogen and oxygen atoms in total. The largest absolute Gasteiger partial charge is 0.461 e. The summed E-state index contributed by atoms with van der Waals surface area (Å²) < 4.78 is 16.1. The summed E-state index contributed by atoms with van der Waals surface area (Å²) in [6.45, 7) is 18.2. The van der Waals surface area contributed by atoms with Crippen molar-refractivity contribution in [1.29, 1.82) is 0 Å². The van der Waals surface area contributed by atoms with Gasteiger partial charge in [0.05, 0.1) is 35.7 Å². The fourth-order valence-corrected chi connectivity index (χ4v) is 5.88. The number of allylic oxidation sites excluding steroid dienone is 1. The zero-order chi connectivity index (χ0) is 33.5. The summed E-state index contributed by atoms with van der Waals surface area (Å²) in [4.78, 5) is 23.1. The van der Waals surface area contributed by atoms with Crippen LogP contribution in [0.2, 0.25) is 0 Å². The van der Waals surface area contributed by atoms with Crippen LogP contribution in [0.25, 0.3) is 0 Å². The van der Waals surface area contributed by atoms with Crippen LogP contribution < -0.4 is 0 Å². The summed E-state index contributed by atoms with van der Waals surface area (Å²) in [6.07, 6.45) is 5.33. The van der Waals surface area contributed by atoms with Gasteiger partial charge >= 0.3 is 11.9 Å². The van der Waals surface area contributed by atoms with Crippen LogP contribution >= 0.6 is 15.9 Å². The molecule has 0 spiro atoms. The first-order valence-corrected chi connectivity index (χ1v) is 16.1. The second kappa shape index (κ2) is 20.5. The van der Waals surface area contributed by atoms with Crippen molar-refractivity contribution in [2.24, 2.45) is 17.8 Å². The molecule has 0 aromatic rings. The van der Waals surface area contributed by atoms with Crippen LogP contribution in [0.5, 0.6) is 0 Å². The smallest absolute Gasteiger partial charge is 0.308 e. The molecule has 4 N–H and O–H groups in total. The summed E-state index contributed by atoms with van der Waals surface area (Å²) in [5.41, 5.74) is -0.482. The van der Waals surface area contributed by atoms with E-state index in [1.54, 1.807) is 26.2 Å². The van der Waals surface area contributed by atoms with Crippen molar-refractivity contribution in [3.63, 3.8) is 0 Å². The molecule has 0 aromatic carbocycles. The van der Waals surface area contributed by atoms with Gasteiger partial charge < -0.3 is 34.6 Å². The number of methoxy groups -OCH3 is 1. The van der Waals surface area contributed by atoms with Gasteiger partial charge in [-0.3, -0.25) is 9.59 Å². The Kier molecular flexibility index (Phi) is 19.7. The van der Waals surface area contributed by atoms with Crippen molar-refractivity contribution in [2.45, 2.75) is 135 Å². The minimum atomic E-state index is -1.35. The normalized spacial score (nSPS) is 30.1. The molecule has 11 unspecified atom stereocenters. The molecule has 1 aliphatic rings. The average molecular weight is 678 g/mol. The number of ether oxygens (including phenoxy) is 3. The van der Waals surface area contributed by atoms with Gasteiger partial charge in [0.1, 0.15) is 17.8 Å². The fourth-order valence-electron chi connectivity index (χ4n) is 4.92. The van der Waals surface area contributed by atoms with Crippen molar-refractivity contribution in [1.82, 2.24) is 0 Å². The molecule has 250 valence electrons. The minimum Gasteiger partial charge on any atom is -0.461 e. The Hall–Kier alpha value is -1.56. The summed E-state index contributed by atoms with van der Waals surface area (Å²) in [6, 6.07) is 0. The first-order chi connectivity index (χ1) is 19.9. The van der Waals surface area contributed by atoms with E-state index in [4.69, 9.17) is 14.2 Å². The van der Waals surface area contributed by atoms with E-state index in [-0.39, 0.29) is 47.9 Å². The number of alkyl halides is 1. The highest BCUT2D eigenvalue weighted by Gasteiger charge is 2.35. The Labute approximate surface area is 267 Å². The van der Waals surface area contributed by atoms with Crippen LogP contribution in [0.4, 0.5) is 0 Å². The van der Waals surface area contributed by atoms with Crippen molar-refractivity contribution in [3.8, 4) is 0 Å². The molecular weight excluding hydrogens is 620 g/mol. The van der Waals surface area contributed by atoms with E-state index in [1.807, 2.05) is 53.7 Å². The quantitative estimate of drug-likeness (QED) is 0.135. The molecule has 0 fully saturated rings. The van der Waals surface area contributed by atoms with Crippen LogP contribution in [0.15, 0.2) is 36.5 Å². The van der Waals surface area contributed by atoms with Gasteiger partial charge in [0.15, 0.2) is 0 Å². The highest BCUT2D eigenvalue weighted by molar-refractivity contribution is 9.09. The number of carbonyl (C=O) groups excluding carboxylic acids is 2. The molecule has 0 aromatic heterocycles. The molecule has 1 heterocycles. The summed E-state index contributed by atoms with van der Waals surface area (Å²) in [5.74, 6) is -1.18. The fraction of sp³-hybridized carbons (Fsp3) is 0.758. The second-order valence-corrected chi connectivity index (χ2v) is 13.1. The Morgan fingerprint density at radius 3 is 2.35 bits per heavy atom. The lowest BCUT2D eigenvalue weighted by Crippen LogP contribution is -2.43. The Bertz CT molecular complexity index is 899. The summed E-state index contributed by atoms with van der Waals surface area (Å²) in [7, 11) is 1.65. The highest BCUT2D eigenvalue weighted by Crippen LogP contribution is 2.28. The molecule has 1 aliphatic heterocycles. The van der Waals surface area contributed by atoms with Gasteiger partial charge in [0.2, 0.25) is 0 Å². The number of rotatable bonds is 11. The topological polar surface area (TPSA) is 143 Å². The highest BCUT2D eigenvalue weighted by atomic mass is 79.9. The van der Waals surface area contributed by atoms with E-state index in [2.05, 4.69) is 22.5 Å². The predicted octanol–water partition coefficient (Wildman–Crippen LogP) is 5.03. The predicted molar refractivity (Wildman–Crippen MR) is 173 cm³/mol. The molecular formula is C33H57BrO9. The van der Waals surface area contributed by atoms with Gasteiger partial charge in [-0.15, -0.1) is 6.58 Å². The molecule has 0 radical (unpaired) electrons. The molecule has 11 atom stereocenters. The maximum Gasteiger partial charge on any atom is 0.308 e. The van der Waals surface area contributed by atoms with E-state index in [1.165, 1.54) is 6.92 Å². The third-order valence-corrected chi connectivity index (χ3v) is 8.90. The molecule has 43 heavy (non-hydrogen) atoms. The molecule has 0 saturated heterocycles. The average Bonchev–Trinajstić information content (AvgIpc) is 2.92. The molecule has 1 rings (SSSR count). The van der Waals surface area contributed by atoms with Crippen molar-refractivity contribution >= 4 is 27.9 Å². The molecule has 0 bridgehead atoms. The number of cyclic esters (lactones) is 1. The number of esters is 2. The third-order valence-electron chi connectivity index (χ3n) is 7.82. The monoisotopic (exact) mass is 676 g/mol. The van der Waals surface area contributed by atoms with E-state index in [9.17, 15) is 30.0 Å². The molecule has 10 heteroatoms. The number of aliphatic hydroxyl groups excluding tert-OH is 3. The SMILES string of the molecule is C/C=C/C(C)C(O)C(Br)C(O)C(C)C(CC)OC.C=C(C)CC1OC(=O)CC(O)CCC(C)(O)C(OC(C)=O)/C=C/C1C. The van der Waals surface area contributed by atoms with E-state index >= 15 is 0 Å². The van der Waals surface area contributed by atoms with Crippen LogP contribution in [-0.2, 0) is 23.8 Å². The lowest BCUT2D eigenvalue weighted by atomic mass is 9.89. The number of hydrogen-bond acceptors (Lipinski definition) is 9. The number of hydrogen-bond donors (Lipinski definition) is 4. The van der Waals surface area contributed by atoms with Crippen LogP contribution in [0.3, 0.4) is 0 Å². The van der Waals surface area contributed by atoms with E-state index in [0.29, 0.717) is 6.42 Å². The van der Waals surface area contributed by atoms with Crippen LogP contribution in [0, 0.1) is 17.8 Å². The van der Waals surface area contributed by atoms with Crippen LogP contribution in [-0.4, -0.2) is 86.5 Å². The van der Waals surface area contributed by atoms with E-state index < -0.39 is 48.1 Å². The summed E-state index contributed by atoms with van der Waals surface area (Å²) >= 11 is 3.42. The third kappa shape index (κ3) is 15.3. The van der Waals surface area contributed by atoms with Crippen molar-refractivity contribution in [3.05, 3.63) is 36.5 Å². The van der Waals surface area contributed by atoms with Gasteiger partial charge in [0.25, 0.3) is 0 Å². The maximum atomic E-state index is 12.1. The summed E-state index contributed by atoms with van der Waals surface area (Å²) in [5, 5.41) is 41.2. The van der Waals surface area contributed by atoms with Gasteiger partial charge in [-0.1, -0.05) is 67.4 Å². The standard InChI is InChI=1S/C19H30O6.C14H27BrO3/c1-12(2)10-16-13(3)6-7-17(24-14(4)20)19(5,23)9-8-15(21)11-18(22)25-16;1-6-8-9(3)13(16)12(15)14(17)10(4)11(7-2)18-5/h6-7,13,15-17,21,23H,1,8-11H2,2-5H3;6,8-14,16-17H,7H2,1-5H3/b7-6+;8-6+. The zero-order valence-electron chi connectivity index (χ0n) is 27.5. The maximum absolute atomic E-state index is 12.1. The Morgan fingerprint density at radius 1 is 1.26 bits per heavy atom. The Balaban J connectivity index is 0.000000869. The Morgan fingerprint density at radius 2 is 1.86 bits per heavy atom. The van der Waals surface area contributed by atoms with Crippen LogP contribution in [0.1, 0.15) is 87.5 Å². The minimum absolute atomic E-state index is 0.00356. The lowest BCUT2D eigenvalue weighted by Gasteiger charge is -2.32. The van der Waals surface area contributed by atoms with Gasteiger partial charge in [-0.05, 0) is 46.1 Å².